The molecule has 1 saturated carbocycles. The van der Waals surface area contributed by atoms with E-state index in [9.17, 15) is 13.2 Å². The van der Waals surface area contributed by atoms with Gasteiger partial charge in [-0.1, -0.05) is 19.8 Å². The lowest BCUT2D eigenvalue weighted by Gasteiger charge is -2.37. The SMILES string of the molecule is CC1CCCC(NC(=O)C2(S(C)(=O)=O)CCNCC2)C1.Cl. The van der Waals surface area contributed by atoms with Gasteiger partial charge in [-0.2, -0.15) is 0 Å². The highest BCUT2D eigenvalue weighted by molar-refractivity contribution is 7.92. The maximum atomic E-state index is 12.6. The second-order valence-electron chi connectivity index (χ2n) is 6.46. The van der Waals surface area contributed by atoms with E-state index in [1.54, 1.807) is 0 Å². The molecule has 0 aromatic rings. The van der Waals surface area contributed by atoms with E-state index >= 15 is 0 Å². The van der Waals surface area contributed by atoms with Gasteiger partial charge in [0.05, 0.1) is 0 Å². The third kappa shape index (κ3) is 4.11. The molecule has 0 aromatic carbocycles. The van der Waals surface area contributed by atoms with Gasteiger partial charge in [-0.15, -0.1) is 12.4 Å². The Hall–Kier alpha value is -0.330. The molecule has 1 heterocycles. The number of hydrogen-bond acceptors (Lipinski definition) is 4. The quantitative estimate of drug-likeness (QED) is 0.812. The van der Waals surface area contributed by atoms with E-state index in [4.69, 9.17) is 0 Å². The molecule has 7 heteroatoms. The van der Waals surface area contributed by atoms with Crippen LogP contribution in [0.3, 0.4) is 0 Å². The molecule has 124 valence electrons. The molecule has 2 rings (SSSR count). The third-order valence-corrected chi connectivity index (χ3v) is 6.82. The number of carbonyl (C=O) groups excluding carboxylic acids is 1. The van der Waals surface area contributed by atoms with Gasteiger partial charge in [-0.05, 0) is 44.7 Å². The molecule has 1 saturated heterocycles. The van der Waals surface area contributed by atoms with E-state index in [1.807, 2.05) is 0 Å². The zero-order valence-electron chi connectivity index (χ0n) is 12.9. The van der Waals surface area contributed by atoms with Gasteiger partial charge in [-0.3, -0.25) is 4.79 Å². The second kappa shape index (κ2) is 7.29. The second-order valence-corrected chi connectivity index (χ2v) is 8.78. The number of sulfone groups is 1. The van der Waals surface area contributed by atoms with Gasteiger partial charge in [0, 0.05) is 12.3 Å². The lowest BCUT2D eigenvalue weighted by Crippen LogP contribution is -2.59. The van der Waals surface area contributed by atoms with Crippen LogP contribution in [0.5, 0.6) is 0 Å². The van der Waals surface area contributed by atoms with Crippen LogP contribution in [0.4, 0.5) is 0 Å². The molecule has 2 N–H and O–H groups in total. The van der Waals surface area contributed by atoms with Crippen LogP contribution in [0, 0.1) is 5.92 Å². The highest BCUT2D eigenvalue weighted by atomic mass is 35.5. The molecule has 2 fully saturated rings. The summed E-state index contributed by atoms with van der Waals surface area (Å²) in [5, 5.41) is 6.15. The fraction of sp³-hybridized carbons (Fsp3) is 0.929. The molecule has 0 bridgehead atoms. The van der Waals surface area contributed by atoms with E-state index in [0.29, 0.717) is 31.8 Å². The molecule has 1 aliphatic heterocycles. The van der Waals surface area contributed by atoms with Gasteiger partial charge in [0.15, 0.2) is 14.6 Å². The Kier molecular flexibility index (Phi) is 6.50. The number of halogens is 1. The minimum absolute atomic E-state index is 0. The Morgan fingerprint density at radius 1 is 1.24 bits per heavy atom. The predicted octanol–water partition coefficient (Wildman–Crippen LogP) is 1.27. The Morgan fingerprint density at radius 3 is 2.38 bits per heavy atom. The first-order valence-electron chi connectivity index (χ1n) is 7.56. The van der Waals surface area contributed by atoms with Gasteiger partial charge in [0.25, 0.3) is 0 Å². The summed E-state index contributed by atoms with van der Waals surface area (Å²) < 4.78 is 23.1. The van der Waals surface area contributed by atoms with Gasteiger partial charge >= 0.3 is 0 Å². The molecule has 1 amide bonds. The van der Waals surface area contributed by atoms with Gasteiger partial charge < -0.3 is 10.6 Å². The molecule has 1 aliphatic carbocycles. The van der Waals surface area contributed by atoms with Gasteiger partial charge in [-0.25, -0.2) is 8.42 Å². The van der Waals surface area contributed by atoms with Crippen LogP contribution in [0.2, 0.25) is 0 Å². The Bertz CT molecular complexity index is 461. The summed E-state index contributed by atoms with van der Waals surface area (Å²) in [6.07, 6.45) is 6.19. The largest absolute Gasteiger partial charge is 0.352 e. The van der Waals surface area contributed by atoms with Crippen molar-refractivity contribution in [3.05, 3.63) is 0 Å². The van der Waals surface area contributed by atoms with Crippen molar-refractivity contribution < 1.29 is 13.2 Å². The van der Waals surface area contributed by atoms with Gasteiger partial charge in [0.2, 0.25) is 5.91 Å². The highest BCUT2D eigenvalue weighted by Gasteiger charge is 2.49. The van der Waals surface area contributed by atoms with E-state index < -0.39 is 14.6 Å². The number of carbonyl (C=O) groups is 1. The average molecular weight is 339 g/mol. The molecule has 5 nitrogen and oxygen atoms in total. The minimum atomic E-state index is -3.40. The Labute approximate surface area is 134 Å². The number of piperidine rings is 1. The first kappa shape index (κ1) is 18.7. The zero-order valence-corrected chi connectivity index (χ0v) is 14.5. The summed E-state index contributed by atoms with van der Waals surface area (Å²) in [5.41, 5.74) is 0. The summed E-state index contributed by atoms with van der Waals surface area (Å²) in [6.45, 7) is 3.36. The van der Waals surface area contributed by atoms with Crippen molar-refractivity contribution >= 4 is 28.2 Å². The van der Waals surface area contributed by atoms with E-state index in [1.165, 1.54) is 12.7 Å². The van der Waals surface area contributed by atoms with Crippen molar-refractivity contribution in [1.29, 1.82) is 0 Å². The molecular formula is C14H27ClN2O3S. The highest BCUT2D eigenvalue weighted by Crippen LogP contribution is 2.30. The standard InChI is InChI=1S/C14H26N2O3S.ClH/c1-11-4-3-5-12(10-11)16-13(17)14(20(2,18)19)6-8-15-9-7-14;/h11-12,15H,3-10H2,1-2H3,(H,16,17);1H. The molecule has 2 aliphatic rings. The van der Waals surface area contributed by atoms with Crippen LogP contribution >= 0.6 is 12.4 Å². The van der Waals surface area contributed by atoms with E-state index in [2.05, 4.69) is 17.6 Å². The van der Waals surface area contributed by atoms with Crippen LogP contribution in [0.15, 0.2) is 0 Å². The fourth-order valence-electron chi connectivity index (χ4n) is 3.48. The summed E-state index contributed by atoms with van der Waals surface area (Å²) in [5.74, 6) is 0.330. The summed E-state index contributed by atoms with van der Waals surface area (Å²) in [7, 11) is -3.40. The maximum Gasteiger partial charge on any atom is 0.241 e. The Morgan fingerprint density at radius 2 is 1.86 bits per heavy atom. The molecule has 0 aromatic heterocycles. The van der Waals surface area contributed by atoms with Gasteiger partial charge in [0.1, 0.15) is 0 Å². The topological polar surface area (TPSA) is 75.3 Å². The first-order chi connectivity index (χ1) is 9.35. The maximum absolute atomic E-state index is 12.6. The number of rotatable bonds is 3. The van der Waals surface area contributed by atoms with Crippen molar-refractivity contribution in [2.24, 2.45) is 5.92 Å². The summed E-state index contributed by atoms with van der Waals surface area (Å²) in [4.78, 5) is 12.6. The number of hydrogen-bond donors (Lipinski definition) is 2. The molecule has 21 heavy (non-hydrogen) atoms. The van der Waals surface area contributed by atoms with Crippen LogP contribution in [-0.4, -0.2) is 44.5 Å². The van der Waals surface area contributed by atoms with Crippen LogP contribution in [-0.2, 0) is 14.6 Å². The lowest BCUT2D eigenvalue weighted by atomic mass is 9.86. The van der Waals surface area contributed by atoms with Crippen molar-refractivity contribution in [2.75, 3.05) is 19.3 Å². The van der Waals surface area contributed by atoms with E-state index in [-0.39, 0.29) is 24.4 Å². The minimum Gasteiger partial charge on any atom is -0.352 e. The lowest BCUT2D eigenvalue weighted by molar-refractivity contribution is -0.125. The number of amides is 1. The Balaban J connectivity index is 0.00000220. The van der Waals surface area contributed by atoms with Crippen LogP contribution in [0.1, 0.15) is 45.4 Å². The van der Waals surface area contributed by atoms with Crippen molar-refractivity contribution in [3.63, 3.8) is 0 Å². The number of nitrogens with one attached hydrogen (secondary N) is 2. The normalized spacial score (nSPS) is 29.2. The van der Waals surface area contributed by atoms with Crippen LogP contribution in [0.25, 0.3) is 0 Å². The summed E-state index contributed by atoms with van der Waals surface area (Å²) in [6, 6.07) is 0.139. The molecule has 2 atom stereocenters. The van der Waals surface area contributed by atoms with Crippen molar-refractivity contribution in [1.82, 2.24) is 10.6 Å². The first-order valence-corrected chi connectivity index (χ1v) is 9.45. The predicted molar refractivity (Wildman–Crippen MR) is 86.5 cm³/mol. The molecule has 0 radical (unpaired) electrons. The smallest absolute Gasteiger partial charge is 0.241 e. The zero-order chi connectivity index (χ0) is 14.8. The molecular weight excluding hydrogens is 312 g/mol. The van der Waals surface area contributed by atoms with Crippen molar-refractivity contribution in [2.45, 2.75) is 56.2 Å². The molecule has 0 spiro atoms. The molecule has 2 unspecified atom stereocenters. The van der Waals surface area contributed by atoms with Crippen LogP contribution < -0.4 is 10.6 Å². The monoisotopic (exact) mass is 338 g/mol. The summed E-state index contributed by atoms with van der Waals surface area (Å²) >= 11 is 0. The average Bonchev–Trinajstić information content (AvgIpc) is 2.38. The van der Waals surface area contributed by atoms with Crippen molar-refractivity contribution in [3.8, 4) is 0 Å². The fourth-order valence-corrected chi connectivity index (χ4v) is 4.82. The third-order valence-electron chi connectivity index (χ3n) is 4.81. The van der Waals surface area contributed by atoms with E-state index in [0.717, 1.165) is 19.3 Å².